The third-order valence-corrected chi connectivity index (χ3v) is 5.48. The first-order valence-corrected chi connectivity index (χ1v) is 8.91. The zero-order valence-electron chi connectivity index (χ0n) is 13.0. The van der Waals surface area contributed by atoms with Gasteiger partial charge in [0.25, 0.3) is 0 Å². The zero-order valence-corrected chi connectivity index (χ0v) is 13.9. The SMILES string of the molecule is CCNc1ccc(S(=O)(=O)N(CCO)C(CC)CC)cc1. The molecule has 0 fully saturated rings. The molecule has 0 spiro atoms. The van der Waals surface area contributed by atoms with Crippen molar-refractivity contribution in [2.75, 3.05) is 25.0 Å². The van der Waals surface area contributed by atoms with E-state index in [4.69, 9.17) is 0 Å². The number of nitrogens with one attached hydrogen (secondary N) is 1. The fourth-order valence-corrected chi connectivity index (χ4v) is 4.14. The highest BCUT2D eigenvalue weighted by molar-refractivity contribution is 7.89. The summed E-state index contributed by atoms with van der Waals surface area (Å²) in [6.45, 7) is 6.65. The molecule has 0 aromatic heterocycles. The maximum atomic E-state index is 12.7. The van der Waals surface area contributed by atoms with Gasteiger partial charge in [0.1, 0.15) is 0 Å². The summed E-state index contributed by atoms with van der Waals surface area (Å²) in [6, 6.07) is 6.66. The first kappa shape index (κ1) is 17.9. The van der Waals surface area contributed by atoms with Crippen molar-refractivity contribution in [1.82, 2.24) is 4.31 Å². The monoisotopic (exact) mass is 314 g/mol. The van der Waals surface area contributed by atoms with Gasteiger partial charge >= 0.3 is 0 Å². The molecule has 0 heterocycles. The Bertz CT molecular complexity index is 510. The maximum absolute atomic E-state index is 12.7. The van der Waals surface area contributed by atoms with E-state index in [-0.39, 0.29) is 24.1 Å². The second kappa shape index (κ2) is 8.36. The van der Waals surface area contributed by atoms with Gasteiger partial charge in [0.05, 0.1) is 11.5 Å². The lowest BCUT2D eigenvalue weighted by Crippen LogP contribution is -2.41. The molecule has 5 nitrogen and oxygen atoms in total. The van der Waals surface area contributed by atoms with Crippen LogP contribution >= 0.6 is 0 Å². The number of sulfonamides is 1. The zero-order chi connectivity index (χ0) is 15.9. The topological polar surface area (TPSA) is 69.6 Å². The summed E-state index contributed by atoms with van der Waals surface area (Å²) < 4.78 is 26.9. The second-order valence-electron chi connectivity index (χ2n) is 4.86. The van der Waals surface area contributed by atoms with Crippen molar-refractivity contribution in [1.29, 1.82) is 0 Å². The summed E-state index contributed by atoms with van der Waals surface area (Å²) in [5.74, 6) is 0. The van der Waals surface area contributed by atoms with E-state index in [9.17, 15) is 13.5 Å². The Morgan fingerprint density at radius 2 is 1.71 bits per heavy atom. The molecule has 120 valence electrons. The van der Waals surface area contributed by atoms with Crippen LogP contribution in [0.1, 0.15) is 33.6 Å². The Balaban J connectivity index is 3.09. The van der Waals surface area contributed by atoms with Crippen molar-refractivity contribution in [3.8, 4) is 0 Å². The van der Waals surface area contributed by atoms with E-state index >= 15 is 0 Å². The fourth-order valence-electron chi connectivity index (χ4n) is 2.38. The highest BCUT2D eigenvalue weighted by atomic mass is 32.2. The first-order chi connectivity index (χ1) is 10.0. The second-order valence-corrected chi connectivity index (χ2v) is 6.75. The first-order valence-electron chi connectivity index (χ1n) is 7.47. The predicted octanol–water partition coefficient (Wildman–Crippen LogP) is 2.29. The smallest absolute Gasteiger partial charge is 0.243 e. The van der Waals surface area contributed by atoms with Crippen molar-refractivity contribution < 1.29 is 13.5 Å². The molecule has 1 aromatic rings. The van der Waals surface area contributed by atoms with Gasteiger partial charge < -0.3 is 10.4 Å². The summed E-state index contributed by atoms with van der Waals surface area (Å²) in [7, 11) is -3.57. The van der Waals surface area contributed by atoms with Gasteiger partial charge in [0, 0.05) is 24.8 Å². The predicted molar refractivity (Wildman–Crippen MR) is 86.0 cm³/mol. The van der Waals surface area contributed by atoms with Crippen molar-refractivity contribution in [2.45, 2.75) is 44.6 Å². The maximum Gasteiger partial charge on any atom is 0.243 e. The number of anilines is 1. The van der Waals surface area contributed by atoms with Crippen LogP contribution in [-0.4, -0.2) is 43.6 Å². The molecule has 6 heteroatoms. The van der Waals surface area contributed by atoms with E-state index in [0.717, 1.165) is 25.1 Å². The molecule has 0 saturated carbocycles. The number of hydrogen-bond donors (Lipinski definition) is 2. The van der Waals surface area contributed by atoms with Crippen molar-refractivity contribution in [2.24, 2.45) is 0 Å². The van der Waals surface area contributed by atoms with Crippen LogP contribution < -0.4 is 5.32 Å². The van der Waals surface area contributed by atoms with Crippen molar-refractivity contribution >= 4 is 15.7 Å². The van der Waals surface area contributed by atoms with Crippen LogP contribution in [0.3, 0.4) is 0 Å². The molecule has 0 saturated heterocycles. The van der Waals surface area contributed by atoms with Gasteiger partial charge in [0.15, 0.2) is 0 Å². The Labute approximate surface area is 128 Å². The van der Waals surface area contributed by atoms with Crippen molar-refractivity contribution in [3.63, 3.8) is 0 Å². The minimum Gasteiger partial charge on any atom is -0.395 e. The number of rotatable bonds is 9. The van der Waals surface area contributed by atoms with Crippen LogP contribution in [-0.2, 0) is 10.0 Å². The lowest BCUT2D eigenvalue weighted by molar-refractivity contribution is 0.219. The third-order valence-electron chi connectivity index (χ3n) is 3.51. The van der Waals surface area contributed by atoms with E-state index in [2.05, 4.69) is 5.32 Å². The molecule has 0 bridgehead atoms. The summed E-state index contributed by atoms with van der Waals surface area (Å²) in [5.41, 5.74) is 0.896. The Hall–Kier alpha value is -1.11. The summed E-state index contributed by atoms with van der Waals surface area (Å²) >= 11 is 0. The lowest BCUT2D eigenvalue weighted by atomic mass is 10.2. The average Bonchev–Trinajstić information content (AvgIpc) is 2.48. The van der Waals surface area contributed by atoms with Crippen LogP contribution in [0.5, 0.6) is 0 Å². The fraction of sp³-hybridized carbons (Fsp3) is 0.600. The third kappa shape index (κ3) is 4.43. The normalized spacial score (nSPS) is 12.1. The van der Waals surface area contributed by atoms with Gasteiger partial charge in [-0.2, -0.15) is 4.31 Å². The molecular weight excluding hydrogens is 288 g/mol. The van der Waals surface area contributed by atoms with Gasteiger partial charge in [-0.3, -0.25) is 0 Å². The Morgan fingerprint density at radius 1 is 1.14 bits per heavy atom. The molecule has 21 heavy (non-hydrogen) atoms. The molecule has 0 aliphatic carbocycles. The molecule has 0 radical (unpaired) electrons. The number of benzene rings is 1. The number of hydrogen-bond acceptors (Lipinski definition) is 4. The van der Waals surface area contributed by atoms with Gasteiger partial charge in [-0.25, -0.2) is 8.42 Å². The van der Waals surface area contributed by atoms with Crippen molar-refractivity contribution in [3.05, 3.63) is 24.3 Å². The summed E-state index contributed by atoms with van der Waals surface area (Å²) in [5, 5.41) is 12.3. The van der Waals surface area contributed by atoms with Gasteiger partial charge in [-0.15, -0.1) is 0 Å². The summed E-state index contributed by atoms with van der Waals surface area (Å²) in [4.78, 5) is 0.268. The highest BCUT2D eigenvalue weighted by Crippen LogP contribution is 2.22. The lowest BCUT2D eigenvalue weighted by Gasteiger charge is -2.29. The summed E-state index contributed by atoms with van der Waals surface area (Å²) in [6.07, 6.45) is 1.45. The molecule has 1 aromatic carbocycles. The van der Waals surface area contributed by atoms with Gasteiger partial charge in [-0.1, -0.05) is 13.8 Å². The van der Waals surface area contributed by atoms with E-state index in [0.29, 0.717) is 0 Å². The molecule has 0 aliphatic heterocycles. The quantitative estimate of drug-likeness (QED) is 0.734. The Morgan fingerprint density at radius 3 is 2.14 bits per heavy atom. The van der Waals surface area contributed by atoms with E-state index in [1.807, 2.05) is 20.8 Å². The van der Waals surface area contributed by atoms with Crippen LogP contribution in [0.15, 0.2) is 29.2 Å². The number of aliphatic hydroxyl groups is 1. The standard InChI is InChI=1S/C15H26N2O3S/c1-4-14(5-2)17(11-12-18)21(19,20)15-9-7-13(8-10-15)16-6-3/h7-10,14,16,18H,4-6,11-12H2,1-3H3. The van der Waals surface area contributed by atoms with E-state index in [1.165, 1.54) is 4.31 Å². The largest absolute Gasteiger partial charge is 0.395 e. The van der Waals surface area contributed by atoms with Crippen LogP contribution in [0.2, 0.25) is 0 Å². The van der Waals surface area contributed by atoms with Crippen LogP contribution in [0.4, 0.5) is 5.69 Å². The van der Waals surface area contributed by atoms with E-state index < -0.39 is 10.0 Å². The van der Waals surface area contributed by atoms with Gasteiger partial charge in [0.2, 0.25) is 10.0 Å². The molecule has 2 N–H and O–H groups in total. The molecule has 0 unspecified atom stereocenters. The van der Waals surface area contributed by atoms with Crippen LogP contribution in [0, 0.1) is 0 Å². The molecule has 0 atom stereocenters. The van der Waals surface area contributed by atoms with Gasteiger partial charge in [-0.05, 0) is 44.0 Å². The number of nitrogens with zero attached hydrogens (tertiary/aromatic N) is 1. The molecular formula is C15H26N2O3S. The average molecular weight is 314 g/mol. The number of aliphatic hydroxyl groups excluding tert-OH is 1. The van der Waals surface area contributed by atoms with Crippen LogP contribution in [0.25, 0.3) is 0 Å². The molecule has 0 aliphatic rings. The Kier molecular flexibility index (Phi) is 7.14. The van der Waals surface area contributed by atoms with E-state index in [1.54, 1.807) is 24.3 Å². The molecule has 0 amide bonds. The minimum absolute atomic E-state index is 0.0874. The highest BCUT2D eigenvalue weighted by Gasteiger charge is 2.29. The molecule has 1 rings (SSSR count). The minimum atomic E-state index is -3.57.